The van der Waals surface area contributed by atoms with Gasteiger partial charge in [0.15, 0.2) is 0 Å². The number of carbonyl (C=O) groups excluding carboxylic acids is 1. The molecule has 0 spiro atoms. The van der Waals surface area contributed by atoms with Crippen molar-refractivity contribution in [1.82, 2.24) is 4.98 Å². The minimum absolute atomic E-state index is 0.286. The molecule has 21 heavy (non-hydrogen) atoms. The number of aliphatic imine (C=N–C) groups is 1. The first-order valence-electron chi connectivity index (χ1n) is 6.25. The molecule has 1 aromatic carbocycles. The number of ether oxygens (including phenoxy) is 1. The van der Waals surface area contributed by atoms with Crippen molar-refractivity contribution in [2.24, 2.45) is 4.99 Å². The quantitative estimate of drug-likeness (QED) is 0.456. The summed E-state index contributed by atoms with van der Waals surface area (Å²) in [7, 11) is 1.62. The summed E-state index contributed by atoms with van der Waals surface area (Å²) < 4.78 is 5.72. The zero-order valence-corrected chi connectivity index (χ0v) is 11.6. The number of H-pyrrole nitrogens is 1. The summed E-state index contributed by atoms with van der Waals surface area (Å²) >= 11 is 0. The highest BCUT2D eigenvalue weighted by Gasteiger charge is 2.11. The van der Waals surface area contributed by atoms with Crippen LogP contribution in [0.25, 0.3) is 0 Å². The van der Waals surface area contributed by atoms with Crippen molar-refractivity contribution in [3.05, 3.63) is 54.7 Å². The highest BCUT2D eigenvalue weighted by Crippen LogP contribution is 2.20. The smallest absolute Gasteiger partial charge is 0.247 e. The highest BCUT2D eigenvalue weighted by atomic mass is 16.5. The van der Waals surface area contributed by atoms with Gasteiger partial charge in [0.2, 0.25) is 11.8 Å². The number of nitrogens with zero attached hydrogens (tertiary/aromatic N) is 1. The van der Waals surface area contributed by atoms with Crippen LogP contribution in [0.4, 0.5) is 11.5 Å². The molecule has 0 aliphatic heterocycles. The lowest BCUT2D eigenvalue weighted by Gasteiger charge is -2.09. The summed E-state index contributed by atoms with van der Waals surface area (Å²) in [5.74, 6) is 1.12. The highest BCUT2D eigenvalue weighted by molar-refractivity contribution is 6.00. The molecule has 0 saturated heterocycles. The molecule has 1 amide bonds. The van der Waals surface area contributed by atoms with Gasteiger partial charge in [-0.2, -0.15) is 0 Å². The first-order valence-corrected chi connectivity index (χ1v) is 6.25. The second kappa shape index (κ2) is 6.42. The van der Waals surface area contributed by atoms with Crippen molar-refractivity contribution in [1.29, 1.82) is 0 Å². The van der Waals surface area contributed by atoms with Gasteiger partial charge in [0, 0.05) is 25.0 Å². The van der Waals surface area contributed by atoms with Gasteiger partial charge in [-0.3, -0.25) is 9.79 Å². The maximum atomic E-state index is 11.3. The molecule has 0 saturated carbocycles. The minimum Gasteiger partial charge on any atom is -0.439 e. The largest absolute Gasteiger partial charge is 0.439 e. The van der Waals surface area contributed by atoms with Crippen LogP contribution < -0.4 is 15.8 Å². The monoisotopic (exact) mass is 284 g/mol. The number of amides is 1. The van der Waals surface area contributed by atoms with Gasteiger partial charge < -0.3 is 20.8 Å². The Labute approximate surface area is 122 Å². The Morgan fingerprint density at radius 2 is 2.29 bits per heavy atom. The maximum Gasteiger partial charge on any atom is 0.247 e. The Hall–Kier alpha value is -3.02. The van der Waals surface area contributed by atoms with Gasteiger partial charge >= 0.3 is 0 Å². The normalized spacial score (nSPS) is 11.0. The molecule has 1 heterocycles. The molecular weight excluding hydrogens is 268 g/mol. The number of nitrogen functional groups attached to an aromatic ring is 1. The molecule has 4 N–H and O–H groups in total. The van der Waals surface area contributed by atoms with Gasteiger partial charge in [-0.1, -0.05) is 12.6 Å². The van der Waals surface area contributed by atoms with Gasteiger partial charge in [-0.25, -0.2) is 0 Å². The zero-order valence-electron chi connectivity index (χ0n) is 11.6. The summed E-state index contributed by atoms with van der Waals surface area (Å²) in [6.45, 7) is 3.40. The van der Waals surface area contributed by atoms with Crippen molar-refractivity contribution in [2.75, 3.05) is 18.1 Å². The van der Waals surface area contributed by atoms with E-state index < -0.39 is 0 Å². The van der Waals surface area contributed by atoms with Crippen LogP contribution in [0.5, 0.6) is 5.75 Å². The predicted molar refractivity (Wildman–Crippen MR) is 83.6 cm³/mol. The van der Waals surface area contributed by atoms with E-state index in [-0.39, 0.29) is 5.91 Å². The van der Waals surface area contributed by atoms with Crippen molar-refractivity contribution < 1.29 is 9.53 Å². The van der Waals surface area contributed by atoms with Crippen LogP contribution in [0.2, 0.25) is 0 Å². The summed E-state index contributed by atoms with van der Waals surface area (Å²) in [5, 5.41) is 2.66. The Morgan fingerprint density at radius 3 is 2.90 bits per heavy atom. The van der Waals surface area contributed by atoms with Gasteiger partial charge in [-0.05, 0) is 24.3 Å². The van der Waals surface area contributed by atoms with Crippen molar-refractivity contribution in [2.45, 2.75) is 0 Å². The van der Waals surface area contributed by atoms with Crippen molar-refractivity contribution in [3.8, 4) is 5.75 Å². The SMILES string of the molecule is C=CC(=O)Nc1cccc(OC(=NC)c2cc[nH]c2N)c1. The van der Waals surface area contributed by atoms with Crippen LogP contribution in [0.15, 0.2) is 54.2 Å². The molecular formula is C15H16N4O2. The molecule has 6 nitrogen and oxygen atoms in total. The Balaban J connectivity index is 2.19. The molecule has 2 rings (SSSR count). The molecule has 0 radical (unpaired) electrons. The molecule has 0 unspecified atom stereocenters. The second-order valence-corrected chi connectivity index (χ2v) is 4.16. The fraction of sp³-hybridized carbons (Fsp3) is 0.0667. The molecule has 0 aliphatic rings. The lowest BCUT2D eigenvalue weighted by atomic mass is 10.3. The topological polar surface area (TPSA) is 92.5 Å². The summed E-state index contributed by atoms with van der Waals surface area (Å²) in [5.41, 5.74) is 7.09. The van der Waals surface area contributed by atoms with Crippen LogP contribution in [0.1, 0.15) is 5.56 Å². The van der Waals surface area contributed by atoms with E-state index in [2.05, 4.69) is 21.9 Å². The van der Waals surface area contributed by atoms with Crippen LogP contribution in [-0.4, -0.2) is 23.8 Å². The summed E-state index contributed by atoms with van der Waals surface area (Å²) in [4.78, 5) is 18.2. The van der Waals surface area contributed by atoms with E-state index in [1.807, 2.05) is 0 Å². The molecule has 0 aliphatic carbocycles. The van der Waals surface area contributed by atoms with Crippen LogP contribution in [0.3, 0.4) is 0 Å². The number of rotatable bonds is 4. The average molecular weight is 284 g/mol. The molecule has 6 heteroatoms. The van der Waals surface area contributed by atoms with Crippen LogP contribution >= 0.6 is 0 Å². The summed E-state index contributed by atoms with van der Waals surface area (Å²) in [6.07, 6.45) is 2.91. The van der Waals surface area contributed by atoms with Crippen molar-refractivity contribution in [3.63, 3.8) is 0 Å². The number of nitrogens with one attached hydrogen (secondary N) is 2. The summed E-state index contributed by atoms with van der Waals surface area (Å²) in [6, 6.07) is 8.75. The molecule has 108 valence electrons. The van der Waals surface area contributed by atoms with Gasteiger partial charge in [0.1, 0.15) is 11.6 Å². The third-order valence-corrected chi connectivity index (χ3v) is 2.71. The standard InChI is InChI=1S/C15H16N4O2/c1-3-13(20)19-10-5-4-6-11(9-10)21-15(17-2)12-7-8-18-14(12)16/h3-9,18H,1,16H2,2H3,(H,19,20). The van der Waals surface area contributed by atoms with Gasteiger partial charge in [-0.15, -0.1) is 0 Å². The molecule has 0 bridgehead atoms. The third kappa shape index (κ3) is 3.50. The number of benzene rings is 1. The first-order chi connectivity index (χ1) is 10.1. The molecule has 1 aromatic heterocycles. The van der Waals surface area contributed by atoms with Gasteiger partial charge in [0.25, 0.3) is 0 Å². The number of anilines is 2. The van der Waals surface area contributed by atoms with Crippen molar-refractivity contribution >= 4 is 23.3 Å². The van der Waals surface area contributed by atoms with E-state index in [1.54, 1.807) is 43.6 Å². The maximum absolute atomic E-state index is 11.3. The fourth-order valence-electron chi connectivity index (χ4n) is 1.73. The van der Waals surface area contributed by atoms with Crippen LogP contribution in [-0.2, 0) is 4.79 Å². The molecule has 0 atom stereocenters. The van der Waals surface area contributed by atoms with E-state index in [4.69, 9.17) is 10.5 Å². The Morgan fingerprint density at radius 1 is 1.48 bits per heavy atom. The molecule has 2 aromatic rings. The second-order valence-electron chi connectivity index (χ2n) is 4.16. The van der Waals surface area contributed by atoms with E-state index in [1.165, 1.54) is 6.08 Å². The number of hydrogen-bond donors (Lipinski definition) is 3. The fourth-order valence-corrected chi connectivity index (χ4v) is 1.73. The number of carbonyl (C=O) groups is 1. The number of aromatic amines is 1. The number of aromatic nitrogens is 1. The van der Waals surface area contributed by atoms with E-state index in [9.17, 15) is 4.79 Å². The third-order valence-electron chi connectivity index (χ3n) is 2.71. The number of hydrogen-bond acceptors (Lipinski definition) is 4. The lowest BCUT2D eigenvalue weighted by Crippen LogP contribution is -2.12. The Kier molecular flexibility index (Phi) is 4.40. The van der Waals surface area contributed by atoms with E-state index in [0.29, 0.717) is 28.7 Å². The lowest BCUT2D eigenvalue weighted by molar-refractivity contribution is -0.111. The molecule has 0 fully saturated rings. The average Bonchev–Trinajstić information content (AvgIpc) is 2.91. The zero-order chi connectivity index (χ0) is 15.2. The van der Waals surface area contributed by atoms with E-state index >= 15 is 0 Å². The first kappa shape index (κ1) is 14.4. The minimum atomic E-state index is -0.286. The van der Waals surface area contributed by atoms with E-state index in [0.717, 1.165) is 0 Å². The van der Waals surface area contributed by atoms with Crippen LogP contribution in [0, 0.1) is 0 Å². The predicted octanol–water partition coefficient (Wildman–Crippen LogP) is 2.18. The Bertz CT molecular complexity index is 688. The number of nitrogens with two attached hydrogens (primary N) is 1. The van der Waals surface area contributed by atoms with Gasteiger partial charge in [0.05, 0.1) is 5.56 Å².